The van der Waals surface area contributed by atoms with Crippen molar-refractivity contribution < 1.29 is 26.3 Å². The first kappa shape index (κ1) is 14.4. The maximum atomic E-state index is 11.5. The highest BCUT2D eigenvalue weighted by atomic mass is 35.7. The van der Waals surface area contributed by atoms with E-state index in [-0.39, 0.29) is 16.2 Å². The molecule has 0 spiro atoms. The zero-order valence-electron chi connectivity index (χ0n) is 9.92. The Morgan fingerprint density at radius 1 is 1.11 bits per heavy atom. The number of hydrogen-bond acceptors (Lipinski definition) is 6. The van der Waals surface area contributed by atoms with Crippen molar-refractivity contribution in [1.82, 2.24) is 0 Å². The van der Waals surface area contributed by atoms with Crippen LogP contribution in [0.3, 0.4) is 0 Å². The van der Waals surface area contributed by atoms with Gasteiger partial charge < -0.3 is 9.47 Å². The molecule has 0 radical (unpaired) electrons. The maximum Gasteiger partial charge on any atom is 0.261 e. The second-order valence-electron chi connectivity index (χ2n) is 4.11. The normalized spacial score (nSPS) is 15.3. The minimum atomic E-state index is -4.07. The molecule has 19 heavy (non-hydrogen) atoms. The van der Waals surface area contributed by atoms with Crippen molar-refractivity contribution in [3.05, 3.63) is 17.7 Å². The van der Waals surface area contributed by atoms with Crippen LogP contribution in [0.15, 0.2) is 17.0 Å². The average molecular weight is 327 g/mol. The summed E-state index contributed by atoms with van der Waals surface area (Å²) in [4.78, 5) is -0.274. The molecule has 1 aromatic carbocycles. The number of ether oxygens (including phenoxy) is 2. The lowest BCUT2D eigenvalue weighted by molar-refractivity contribution is 0.171. The standard InChI is InChI=1S/C10H11ClO6S2/c1-18(12,13)6-7-4-8-9(17-3-2-16-8)5-10(7)19(11,14)15/h4-5H,2-3,6H2,1H3. The fourth-order valence-corrected chi connectivity index (χ4v) is 3.75. The number of sulfone groups is 1. The van der Waals surface area contributed by atoms with Crippen molar-refractivity contribution in [2.45, 2.75) is 10.6 Å². The first-order valence-corrected chi connectivity index (χ1v) is 9.59. The van der Waals surface area contributed by atoms with Crippen LogP contribution in [0.25, 0.3) is 0 Å². The van der Waals surface area contributed by atoms with Gasteiger partial charge in [0.15, 0.2) is 21.3 Å². The SMILES string of the molecule is CS(=O)(=O)Cc1cc2c(cc1S(=O)(=O)Cl)OCCO2. The van der Waals surface area contributed by atoms with Crippen molar-refractivity contribution in [2.24, 2.45) is 0 Å². The van der Waals surface area contributed by atoms with Crippen molar-refractivity contribution in [2.75, 3.05) is 19.5 Å². The predicted molar refractivity (Wildman–Crippen MR) is 69.0 cm³/mol. The Hall–Kier alpha value is -0.990. The third-order valence-corrected chi connectivity index (χ3v) is 4.65. The molecule has 0 bridgehead atoms. The van der Waals surface area contributed by atoms with E-state index in [0.717, 1.165) is 6.26 Å². The number of hydrogen-bond donors (Lipinski definition) is 0. The van der Waals surface area contributed by atoms with Crippen molar-refractivity contribution >= 4 is 29.6 Å². The Morgan fingerprint density at radius 3 is 2.11 bits per heavy atom. The smallest absolute Gasteiger partial charge is 0.261 e. The van der Waals surface area contributed by atoms with E-state index in [0.29, 0.717) is 19.0 Å². The molecule has 1 aromatic rings. The highest BCUT2D eigenvalue weighted by Crippen LogP contribution is 2.36. The molecule has 2 rings (SSSR count). The molecule has 0 unspecified atom stereocenters. The van der Waals surface area contributed by atoms with Gasteiger partial charge in [-0.2, -0.15) is 0 Å². The van der Waals surface area contributed by atoms with Gasteiger partial charge in [0.05, 0.1) is 10.6 Å². The van der Waals surface area contributed by atoms with Gasteiger partial charge in [0.1, 0.15) is 13.2 Å². The molecule has 106 valence electrons. The molecule has 0 aromatic heterocycles. The Balaban J connectivity index is 2.62. The molecule has 1 aliphatic heterocycles. The molecule has 9 heteroatoms. The van der Waals surface area contributed by atoms with Gasteiger partial charge in [-0.25, -0.2) is 16.8 Å². The first-order chi connectivity index (χ1) is 8.67. The molecule has 0 fully saturated rings. The molecule has 0 N–H and O–H groups in total. The van der Waals surface area contributed by atoms with E-state index in [1.807, 2.05) is 0 Å². The lowest BCUT2D eigenvalue weighted by atomic mass is 10.2. The first-order valence-electron chi connectivity index (χ1n) is 5.22. The molecular formula is C10H11ClO6S2. The molecule has 0 aliphatic carbocycles. The maximum absolute atomic E-state index is 11.5. The van der Waals surface area contributed by atoms with Crippen molar-refractivity contribution in [3.63, 3.8) is 0 Å². The Morgan fingerprint density at radius 2 is 1.63 bits per heavy atom. The molecule has 1 aliphatic rings. The predicted octanol–water partition coefficient (Wildman–Crippen LogP) is 0.930. The molecule has 0 atom stereocenters. The Labute approximate surface area is 115 Å². The van der Waals surface area contributed by atoms with Gasteiger partial charge in [0.25, 0.3) is 9.05 Å². The summed E-state index contributed by atoms with van der Waals surface area (Å²) >= 11 is 0. The van der Waals surface area contributed by atoms with Crippen LogP contribution in [-0.4, -0.2) is 36.3 Å². The monoisotopic (exact) mass is 326 g/mol. The van der Waals surface area contributed by atoms with Gasteiger partial charge in [-0.1, -0.05) is 0 Å². The van der Waals surface area contributed by atoms with E-state index in [2.05, 4.69) is 0 Å². The third kappa shape index (κ3) is 3.52. The highest BCUT2D eigenvalue weighted by molar-refractivity contribution is 8.13. The number of rotatable bonds is 3. The summed E-state index contributed by atoms with van der Waals surface area (Å²) in [6, 6.07) is 2.53. The zero-order valence-corrected chi connectivity index (χ0v) is 12.3. The van der Waals surface area contributed by atoms with Gasteiger partial charge in [0.2, 0.25) is 0 Å². The van der Waals surface area contributed by atoms with Gasteiger partial charge in [-0.3, -0.25) is 0 Å². The molecule has 0 saturated heterocycles. The molecule has 0 amide bonds. The second kappa shape index (κ2) is 4.84. The minimum Gasteiger partial charge on any atom is -0.486 e. The van der Waals surface area contributed by atoms with Gasteiger partial charge >= 0.3 is 0 Å². The van der Waals surface area contributed by atoms with E-state index in [1.54, 1.807) is 0 Å². The lowest BCUT2D eigenvalue weighted by Gasteiger charge is -2.20. The molecule has 6 nitrogen and oxygen atoms in total. The van der Waals surface area contributed by atoms with E-state index < -0.39 is 24.6 Å². The fraction of sp³-hybridized carbons (Fsp3) is 0.400. The van der Waals surface area contributed by atoms with Gasteiger partial charge in [-0.05, 0) is 11.6 Å². The Kier molecular flexibility index (Phi) is 3.67. The number of halogens is 1. The van der Waals surface area contributed by atoms with Crippen LogP contribution in [0.2, 0.25) is 0 Å². The quantitative estimate of drug-likeness (QED) is 0.768. The van der Waals surface area contributed by atoms with Crippen LogP contribution in [0, 0.1) is 0 Å². The van der Waals surface area contributed by atoms with Crippen LogP contribution < -0.4 is 9.47 Å². The van der Waals surface area contributed by atoms with Gasteiger partial charge in [-0.15, -0.1) is 0 Å². The van der Waals surface area contributed by atoms with Crippen molar-refractivity contribution in [1.29, 1.82) is 0 Å². The van der Waals surface area contributed by atoms with Crippen LogP contribution in [0.4, 0.5) is 0 Å². The summed E-state index contributed by atoms with van der Waals surface area (Å²) in [5.74, 6) is 0.113. The average Bonchev–Trinajstić information content (AvgIpc) is 2.24. The van der Waals surface area contributed by atoms with E-state index in [9.17, 15) is 16.8 Å². The highest BCUT2D eigenvalue weighted by Gasteiger charge is 2.24. The second-order valence-corrected chi connectivity index (χ2v) is 8.79. The Bertz CT molecular complexity index is 708. The number of benzene rings is 1. The topological polar surface area (TPSA) is 86.7 Å². The van der Waals surface area contributed by atoms with E-state index >= 15 is 0 Å². The summed E-state index contributed by atoms with van der Waals surface area (Å²) < 4.78 is 56.2. The van der Waals surface area contributed by atoms with Gasteiger partial charge in [0, 0.05) is 23.0 Å². The van der Waals surface area contributed by atoms with Crippen LogP contribution in [0.1, 0.15) is 5.56 Å². The molecule has 1 heterocycles. The largest absolute Gasteiger partial charge is 0.486 e. The zero-order chi connectivity index (χ0) is 14.3. The fourth-order valence-electron chi connectivity index (χ4n) is 1.73. The lowest BCUT2D eigenvalue weighted by Crippen LogP contribution is -2.17. The summed E-state index contributed by atoms with van der Waals surface area (Å²) in [5.41, 5.74) is 0.0711. The summed E-state index contributed by atoms with van der Waals surface area (Å²) in [5, 5.41) is 0. The van der Waals surface area contributed by atoms with Crippen LogP contribution in [-0.2, 0) is 24.6 Å². The third-order valence-electron chi connectivity index (χ3n) is 2.41. The summed E-state index contributed by atoms with van der Waals surface area (Å²) in [6.07, 6.45) is 1.01. The number of fused-ring (bicyclic) bond motifs is 1. The molecule has 0 saturated carbocycles. The van der Waals surface area contributed by atoms with E-state index in [1.165, 1.54) is 12.1 Å². The minimum absolute atomic E-state index is 0.0711. The van der Waals surface area contributed by atoms with Crippen LogP contribution >= 0.6 is 10.7 Å². The summed E-state index contributed by atoms with van der Waals surface area (Å²) in [7, 11) is -2.16. The van der Waals surface area contributed by atoms with Crippen molar-refractivity contribution in [3.8, 4) is 11.5 Å². The summed E-state index contributed by atoms with van der Waals surface area (Å²) in [6.45, 7) is 0.610. The molecular weight excluding hydrogens is 316 g/mol. The van der Waals surface area contributed by atoms with Crippen LogP contribution in [0.5, 0.6) is 11.5 Å². The van der Waals surface area contributed by atoms with E-state index in [4.69, 9.17) is 20.2 Å².